The fourth-order valence-electron chi connectivity index (χ4n) is 2.63. The first kappa shape index (κ1) is 21.6. The van der Waals surface area contributed by atoms with Crippen LogP contribution in [0.3, 0.4) is 0 Å². The van der Waals surface area contributed by atoms with Gasteiger partial charge in [0.05, 0.1) is 25.6 Å². The molecule has 0 fully saturated rings. The van der Waals surface area contributed by atoms with Gasteiger partial charge in [-0.1, -0.05) is 13.8 Å². The van der Waals surface area contributed by atoms with Crippen LogP contribution in [-0.2, 0) is 0 Å². The van der Waals surface area contributed by atoms with E-state index in [-0.39, 0.29) is 29.4 Å². The van der Waals surface area contributed by atoms with Crippen molar-refractivity contribution in [2.24, 2.45) is 0 Å². The number of hydrogen-bond acceptors (Lipinski definition) is 6. The van der Waals surface area contributed by atoms with Crippen LogP contribution in [0.25, 0.3) is 11.3 Å². The number of methoxy groups -OCH3 is 2. The van der Waals surface area contributed by atoms with Crippen LogP contribution in [0.4, 0.5) is 13.2 Å². The van der Waals surface area contributed by atoms with Crippen molar-refractivity contribution in [2.45, 2.75) is 46.1 Å². The van der Waals surface area contributed by atoms with Gasteiger partial charge in [-0.2, -0.15) is 0 Å². The third-order valence-corrected chi connectivity index (χ3v) is 4.05. The van der Waals surface area contributed by atoms with E-state index in [0.29, 0.717) is 17.0 Å². The van der Waals surface area contributed by atoms with Crippen LogP contribution in [0.5, 0.6) is 23.3 Å². The zero-order valence-corrected chi connectivity index (χ0v) is 16.4. The first-order valence-electron chi connectivity index (χ1n) is 8.75. The SMILES string of the molecule is CCC(CC)Oc1nc(C)c(-c2ccc(OC(F)(F)F)cc2OC)nc1OC. The molecule has 0 unspecified atom stereocenters. The third kappa shape index (κ3) is 5.17. The van der Waals surface area contributed by atoms with Crippen molar-refractivity contribution in [2.75, 3.05) is 14.2 Å². The summed E-state index contributed by atoms with van der Waals surface area (Å²) >= 11 is 0. The Morgan fingerprint density at radius 1 is 1.00 bits per heavy atom. The van der Waals surface area contributed by atoms with Crippen LogP contribution >= 0.6 is 0 Å². The van der Waals surface area contributed by atoms with Crippen LogP contribution in [0.2, 0.25) is 0 Å². The molecule has 0 N–H and O–H groups in total. The van der Waals surface area contributed by atoms with Gasteiger partial charge in [0.1, 0.15) is 17.6 Å². The quantitative estimate of drug-likeness (QED) is 0.626. The first-order chi connectivity index (χ1) is 13.2. The Labute approximate surface area is 161 Å². The van der Waals surface area contributed by atoms with Gasteiger partial charge < -0.3 is 18.9 Å². The lowest BCUT2D eigenvalue weighted by Gasteiger charge is -2.18. The minimum atomic E-state index is -4.79. The minimum absolute atomic E-state index is 0.0261. The summed E-state index contributed by atoms with van der Waals surface area (Å²) in [6.07, 6.45) is -3.21. The molecule has 0 saturated heterocycles. The fraction of sp³-hybridized carbons (Fsp3) is 0.474. The predicted octanol–water partition coefficient (Wildman–Crippen LogP) is 4.94. The van der Waals surface area contributed by atoms with Gasteiger partial charge in [0.15, 0.2) is 0 Å². The molecular formula is C19H23F3N2O4. The maximum Gasteiger partial charge on any atom is 0.573 e. The topological polar surface area (TPSA) is 62.7 Å². The van der Waals surface area contributed by atoms with Gasteiger partial charge in [-0.3, -0.25) is 0 Å². The maximum atomic E-state index is 12.5. The second-order valence-corrected chi connectivity index (χ2v) is 5.94. The van der Waals surface area contributed by atoms with Crippen LogP contribution < -0.4 is 18.9 Å². The minimum Gasteiger partial charge on any atom is -0.496 e. The van der Waals surface area contributed by atoms with Gasteiger partial charge in [0.2, 0.25) is 0 Å². The summed E-state index contributed by atoms with van der Waals surface area (Å²) in [6.45, 7) is 5.73. The predicted molar refractivity (Wildman–Crippen MR) is 97.0 cm³/mol. The highest BCUT2D eigenvalue weighted by Crippen LogP contribution is 2.37. The number of rotatable bonds is 8. The number of aromatic nitrogens is 2. The lowest BCUT2D eigenvalue weighted by Crippen LogP contribution is -2.17. The summed E-state index contributed by atoms with van der Waals surface area (Å²) in [5, 5.41) is 0. The third-order valence-electron chi connectivity index (χ3n) is 4.05. The highest BCUT2D eigenvalue weighted by atomic mass is 19.4. The number of benzene rings is 1. The van der Waals surface area contributed by atoms with Crippen molar-refractivity contribution in [3.8, 4) is 34.5 Å². The van der Waals surface area contributed by atoms with Gasteiger partial charge in [0, 0.05) is 11.6 Å². The Kier molecular flexibility index (Phi) is 6.93. The molecule has 2 rings (SSSR count). The largest absolute Gasteiger partial charge is 0.573 e. The van der Waals surface area contributed by atoms with Gasteiger partial charge in [-0.25, -0.2) is 9.97 Å². The van der Waals surface area contributed by atoms with E-state index in [1.807, 2.05) is 13.8 Å². The van der Waals surface area contributed by atoms with E-state index >= 15 is 0 Å². The second kappa shape index (κ2) is 8.99. The van der Waals surface area contributed by atoms with E-state index in [0.717, 1.165) is 18.9 Å². The number of halogens is 3. The van der Waals surface area contributed by atoms with Gasteiger partial charge in [-0.15, -0.1) is 13.2 Å². The van der Waals surface area contributed by atoms with Crippen LogP contribution in [-0.4, -0.2) is 36.7 Å². The van der Waals surface area contributed by atoms with Gasteiger partial charge >= 0.3 is 6.36 Å². The van der Waals surface area contributed by atoms with Crippen molar-refractivity contribution in [3.63, 3.8) is 0 Å². The fourth-order valence-corrected chi connectivity index (χ4v) is 2.63. The molecule has 0 bridgehead atoms. The van der Waals surface area contributed by atoms with E-state index in [9.17, 15) is 13.2 Å². The summed E-state index contributed by atoms with van der Waals surface area (Å²) in [7, 11) is 2.79. The van der Waals surface area contributed by atoms with Crippen LogP contribution in [0, 0.1) is 6.92 Å². The van der Waals surface area contributed by atoms with Gasteiger partial charge in [-0.05, 0) is 31.9 Å². The zero-order valence-electron chi connectivity index (χ0n) is 16.4. The molecule has 0 aliphatic rings. The molecule has 0 aliphatic carbocycles. The molecule has 28 heavy (non-hydrogen) atoms. The Morgan fingerprint density at radius 3 is 2.21 bits per heavy atom. The molecule has 9 heteroatoms. The number of hydrogen-bond donors (Lipinski definition) is 0. The molecule has 1 aromatic carbocycles. The zero-order chi connectivity index (χ0) is 20.9. The summed E-state index contributed by atoms with van der Waals surface area (Å²) < 4.78 is 57.7. The molecule has 0 saturated carbocycles. The average Bonchev–Trinajstić information content (AvgIpc) is 2.65. The average molecular weight is 400 g/mol. The molecule has 6 nitrogen and oxygen atoms in total. The summed E-state index contributed by atoms with van der Waals surface area (Å²) in [5.41, 5.74) is 1.38. The molecule has 0 spiro atoms. The molecule has 0 atom stereocenters. The number of aryl methyl sites for hydroxylation is 1. The van der Waals surface area contributed by atoms with E-state index in [1.165, 1.54) is 26.4 Å². The van der Waals surface area contributed by atoms with Crippen molar-refractivity contribution in [1.29, 1.82) is 0 Å². The standard InChI is InChI=1S/C19H23F3N2O4/c1-6-12(7-2)27-18-17(26-5)24-16(11(3)23-18)14-9-8-13(10-15(14)25-4)28-19(20,21)22/h8-10,12H,6-7H2,1-5H3. The Balaban J connectivity index is 2.47. The molecule has 0 radical (unpaired) electrons. The Morgan fingerprint density at radius 2 is 1.68 bits per heavy atom. The number of nitrogens with zero attached hydrogens (tertiary/aromatic N) is 2. The van der Waals surface area contributed by atoms with E-state index in [2.05, 4.69) is 14.7 Å². The summed E-state index contributed by atoms with van der Waals surface area (Å²) in [4.78, 5) is 8.88. The first-order valence-corrected chi connectivity index (χ1v) is 8.75. The molecule has 1 heterocycles. The second-order valence-electron chi connectivity index (χ2n) is 5.94. The maximum absolute atomic E-state index is 12.5. The molecule has 0 amide bonds. The van der Waals surface area contributed by atoms with Crippen molar-refractivity contribution in [3.05, 3.63) is 23.9 Å². The molecule has 1 aromatic heterocycles. The summed E-state index contributed by atoms with van der Waals surface area (Å²) in [6, 6.07) is 3.76. The van der Waals surface area contributed by atoms with Crippen molar-refractivity contribution in [1.82, 2.24) is 9.97 Å². The Hall–Kier alpha value is -2.71. The molecule has 2 aromatic rings. The molecule has 154 valence electrons. The normalized spacial score (nSPS) is 11.5. The number of alkyl halides is 3. The molecule has 0 aliphatic heterocycles. The van der Waals surface area contributed by atoms with E-state index in [4.69, 9.17) is 14.2 Å². The molecular weight excluding hydrogens is 377 g/mol. The number of ether oxygens (including phenoxy) is 4. The summed E-state index contributed by atoms with van der Waals surface area (Å²) in [5.74, 6) is 0.229. The highest BCUT2D eigenvalue weighted by molar-refractivity contribution is 5.71. The van der Waals surface area contributed by atoms with Crippen molar-refractivity contribution >= 4 is 0 Å². The van der Waals surface area contributed by atoms with E-state index < -0.39 is 6.36 Å². The van der Waals surface area contributed by atoms with Gasteiger partial charge in [0.25, 0.3) is 11.8 Å². The van der Waals surface area contributed by atoms with Crippen LogP contribution in [0.1, 0.15) is 32.4 Å². The van der Waals surface area contributed by atoms with Crippen LogP contribution in [0.15, 0.2) is 18.2 Å². The van der Waals surface area contributed by atoms with Crippen molar-refractivity contribution < 1.29 is 32.1 Å². The smallest absolute Gasteiger partial charge is 0.496 e. The van der Waals surface area contributed by atoms with E-state index in [1.54, 1.807) is 6.92 Å². The lowest BCUT2D eigenvalue weighted by molar-refractivity contribution is -0.274. The monoisotopic (exact) mass is 400 g/mol. The lowest BCUT2D eigenvalue weighted by atomic mass is 10.1. The Bertz CT molecular complexity index is 808. The highest BCUT2D eigenvalue weighted by Gasteiger charge is 2.31.